The molecule has 138 valence electrons. The molecule has 2 N–H and O–H groups in total. The number of aromatic amines is 1. The normalized spacial score (nSPS) is 11.9. The summed E-state index contributed by atoms with van der Waals surface area (Å²) < 4.78 is 39.1. The summed E-state index contributed by atoms with van der Waals surface area (Å²) in [7, 11) is 0. The highest BCUT2D eigenvalue weighted by Gasteiger charge is 2.29. The number of nitrogens with zero attached hydrogens (tertiary/aromatic N) is 2. The summed E-state index contributed by atoms with van der Waals surface area (Å²) in [5.74, 6) is 0. The van der Waals surface area contributed by atoms with Crippen molar-refractivity contribution in [2.45, 2.75) is 5.51 Å². The van der Waals surface area contributed by atoms with Gasteiger partial charge in [0, 0.05) is 40.0 Å². The van der Waals surface area contributed by atoms with Crippen molar-refractivity contribution in [3.63, 3.8) is 0 Å². The van der Waals surface area contributed by atoms with Gasteiger partial charge in [0.2, 0.25) is 0 Å². The maximum Gasteiger partial charge on any atom is 0.461 e. The molecule has 0 aliphatic carbocycles. The SMILES string of the molecule is FC(F)(F)SNc1ccc(-c2csc(-c3ccnc4[nH]ccc34)n2)c(Cl)c1. The first-order valence-corrected chi connectivity index (χ1v) is 9.67. The van der Waals surface area contributed by atoms with Crippen LogP contribution in [0.25, 0.3) is 32.9 Å². The first kappa shape index (κ1) is 18.1. The van der Waals surface area contributed by atoms with E-state index in [0.717, 1.165) is 21.6 Å². The van der Waals surface area contributed by atoms with Gasteiger partial charge in [-0.1, -0.05) is 11.6 Å². The monoisotopic (exact) mass is 426 g/mol. The average molecular weight is 427 g/mol. The van der Waals surface area contributed by atoms with Gasteiger partial charge in [0.1, 0.15) is 10.7 Å². The molecule has 0 radical (unpaired) electrons. The topological polar surface area (TPSA) is 53.6 Å². The van der Waals surface area contributed by atoms with Crippen molar-refractivity contribution in [3.05, 3.63) is 53.1 Å². The van der Waals surface area contributed by atoms with Crippen LogP contribution in [0.1, 0.15) is 0 Å². The van der Waals surface area contributed by atoms with Gasteiger partial charge in [0.05, 0.1) is 22.7 Å². The van der Waals surface area contributed by atoms with Crippen molar-refractivity contribution in [1.82, 2.24) is 15.0 Å². The van der Waals surface area contributed by atoms with Crippen LogP contribution in [0.3, 0.4) is 0 Å². The van der Waals surface area contributed by atoms with Crippen molar-refractivity contribution < 1.29 is 13.2 Å². The molecule has 0 amide bonds. The molecule has 4 aromatic rings. The highest BCUT2D eigenvalue weighted by Crippen LogP contribution is 2.37. The minimum absolute atomic E-state index is 0.268. The van der Waals surface area contributed by atoms with Gasteiger partial charge in [-0.25, -0.2) is 9.97 Å². The second-order valence-corrected chi connectivity index (χ2v) is 7.62. The molecule has 0 spiro atoms. The maximum atomic E-state index is 12.3. The Hall–Kier alpha value is -2.23. The molecule has 0 unspecified atom stereocenters. The van der Waals surface area contributed by atoms with Crippen LogP contribution in [0.5, 0.6) is 0 Å². The zero-order chi connectivity index (χ0) is 19.0. The van der Waals surface area contributed by atoms with Gasteiger partial charge in [-0.05, 0) is 30.3 Å². The Kier molecular flexibility index (Phi) is 4.75. The summed E-state index contributed by atoms with van der Waals surface area (Å²) in [5.41, 5.74) is -1.06. The van der Waals surface area contributed by atoms with E-state index in [1.54, 1.807) is 12.3 Å². The van der Waals surface area contributed by atoms with Crippen molar-refractivity contribution in [2.24, 2.45) is 0 Å². The van der Waals surface area contributed by atoms with Crippen LogP contribution in [0.15, 0.2) is 48.1 Å². The van der Waals surface area contributed by atoms with Gasteiger partial charge in [-0.15, -0.1) is 11.3 Å². The molecule has 0 aliphatic rings. The van der Waals surface area contributed by atoms with E-state index < -0.39 is 5.51 Å². The molecule has 0 aliphatic heterocycles. The summed E-state index contributed by atoms with van der Waals surface area (Å²) in [6.07, 6.45) is 3.53. The van der Waals surface area contributed by atoms with E-state index in [-0.39, 0.29) is 17.6 Å². The summed E-state index contributed by atoms with van der Waals surface area (Å²) in [6, 6.07) is 8.46. The number of hydrogen-bond acceptors (Lipinski definition) is 5. The second-order valence-electron chi connectivity index (χ2n) is 5.48. The quantitative estimate of drug-likeness (QED) is 0.361. The Morgan fingerprint density at radius 2 is 2.00 bits per heavy atom. The molecule has 1 aromatic carbocycles. The molecule has 3 heterocycles. The summed E-state index contributed by atoms with van der Waals surface area (Å²) >= 11 is 7.40. The van der Waals surface area contributed by atoms with Crippen molar-refractivity contribution >= 4 is 51.6 Å². The molecule has 10 heteroatoms. The summed E-state index contributed by atoms with van der Waals surface area (Å²) in [5, 5.41) is 3.96. The van der Waals surface area contributed by atoms with Gasteiger partial charge >= 0.3 is 5.51 Å². The Labute approximate surface area is 164 Å². The standard InChI is InChI=1S/C17H10ClF3N4S2/c18-13-7-9(25-27-17(19,20)21)1-2-12(13)14-8-26-16(24-14)11-4-6-23-15-10(11)3-5-22-15/h1-8,25H,(H,22,23). The molecule has 4 nitrogen and oxygen atoms in total. The number of alkyl halides is 3. The molecule has 0 saturated carbocycles. The van der Waals surface area contributed by atoms with Crippen LogP contribution in [0.2, 0.25) is 5.02 Å². The third-order valence-corrected chi connectivity index (χ3v) is 5.48. The third-order valence-electron chi connectivity index (χ3n) is 3.72. The van der Waals surface area contributed by atoms with Crippen molar-refractivity contribution in [1.29, 1.82) is 0 Å². The predicted molar refractivity (Wildman–Crippen MR) is 105 cm³/mol. The largest absolute Gasteiger partial charge is 0.461 e. The van der Waals surface area contributed by atoms with E-state index in [2.05, 4.69) is 19.7 Å². The minimum atomic E-state index is -4.37. The number of H-pyrrole nitrogens is 1. The molecule has 4 rings (SSSR count). The smallest absolute Gasteiger partial charge is 0.346 e. The van der Waals surface area contributed by atoms with Gasteiger partial charge in [0.25, 0.3) is 0 Å². The van der Waals surface area contributed by atoms with E-state index in [1.165, 1.54) is 23.5 Å². The van der Waals surface area contributed by atoms with Gasteiger partial charge in [-0.3, -0.25) is 0 Å². The van der Waals surface area contributed by atoms with E-state index in [0.29, 0.717) is 16.3 Å². The highest BCUT2D eigenvalue weighted by atomic mass is 35.5. The van der Waals surface area contributed by atoms with Crippen molar-refractivity contribution in [2.75, 3.05) is 4.72 Å². The Morgan fingerprint density at radius 1 is 1.15 bits per heavy atom. The van der Waals surface area contributed by atoms with Crippen LogP contribution in [-0.4, -0.2) is 20.5 Å². The Bertz CT molecular complexity index is 1110. The number of pyridine rings is 1. The first-order chi connectivity index (χ1) is 12.9. The van der Waals surface area contributed by atoms with Gasteiger partial charge in [0.15, 0.2) is 0 Å². The number of nitrogens with one attached hydrogen (secondary N) is 2. The molecule has 0 atom stereocenters. The number of rotatable bonds is 4. The van der Waals surface area contributed by atoms with Gasteiger partial charge < -0.3 is 9.71 Å². The molecule has 0 bridgehead atoms. The van der Waals surface area contributed by atoms with Crippen LogP contribution < -0.4 is 4.72 Å². The fourth-order valence-corrected chi connectivity index (χ4v) is 4.07. The van der Waals surface area contributed by atoms with Crippen LogP contribution >= 0.6 is 34.9 Å². The van der Waals surface area contributed by atoms with E-state index in [9.17, 15) is 13.2 Å². The first-order valence-electron chi connectivity index (χ1n) is 7.59. The molecule has 0 saturated heterocycles. The number of hydrogen-bond donors (Lipinski definition) is 2. The minimum Gasteiger partial charge on any atom is -0.346 e. The predicted octanol–water partition coefficient (Wildman–Crippen LogP) is 6.59. The summed E-state index contributed by atoms with van der Waals surface area (Å²) in [4.78, 5) is 12.0. The summed E-state index contributed by atoms with van der Waals surface area (Å²) in [6.45, 7) is 0. The lowest BCUT2D eigenvalue weighted by Crippen LogP contribution is -2.04. The van der Waals surface area contributed by atoms with E-state index in [4.69, 9.17) is 11.6 Å². The van der Waals surface area contributed by atoms with Gasteiger partial charge in [-0.2, -0.15) is 13.2 Å². The molecular formula is C17H10ClF3N4S2. The van der Waals surface area contributed by atoms with Crippen LogP contribution in [-0.2, 0) is 0 Å². The second kappa shape index (κ2) is 7.06. The third kappa shape index (κ3) is 3.90. The Morgan fingerprint density at radius 3 is 2.78 bits per heavy atom. The molecule has 27 heavy (non-hydrogen) atoms. The number of fused-ring (bicyclic) bond motifs is 1. The fourth-order valence-electron chi connectivity index (χ4n) is 2.57. The average Bonchev–Trinajstić information content (AvgIpc) is 3.28. The number of aromatic nitrogens is 3. The molecule has 3 aromatic heterocycles. The number of thiazole rings is 1. The molecule has 0 fully saturated rings. The lowest BCUT2D eigenvalue weighted by atomic mass is 10.1. The highest BCUT2D eigenvalue weighted by molar-refractivity contribution is 8.01. The number of anilines is 1. The van der Waals surface area contributed by atoms with Crippen molar-refractivity contribution in [3.8, 4) is 21.8 Å². The maximum absolute atomic E-state index is 12.3. The fraction of sp³-hybridized carbons (Fsp3) is 0.0588. The number of halogens is 4. The zero-order valence-electron chi connectivity index (χ0n) is 13.3. The van der Waals surface area contributed by atoms with E-state index >= 15 is 0 Å². The van der Waals surface area contributed by atoms with Crippen LogP contribution in [0, 0.1) is 0 Å². The van der Waals surface area contributed by atoms with E-state index in [1.807, 2.05) is 23.7 Å². The molecular weight excluding hydrogens is 417 g/mol. The number of benzene rings is 1. The Balaban J connectivity index is 1.63. The lowest BCUT2D eigenvalue weighted by Gasteiger charge is -2.09. The lowest BCUT2D eigenvalue weighted by molar-refractivity contribution is -0.0323. The van der Waals surface area contributed by atoms with Crippen LogP contribution in [0.4, 0.5) is 18.9 Å². The zero-order valence-corrected chi connectivity index (χ0v) is 15.7.